The molecule has 0 unspecified atom stereocenters. The second kappa shape index (κ2) is 6.96. The summed E-state index contributed by atoms with van der Waals surface area (Å²) in [6.07, 6.45) is 5.51. The molecule has 0 aliphatic carbocycles. The third-order valence-corrected chi connectivity index (χ3v) is 5.36. The van der Waals surface area contributed by atoms with E-state index in [-0.39, 0.29) is 0 Å². The van der Waals surface area contributed by atoms with Crippen molar-refractivity contribution in [3.8, 4) is 11.3 Å². The van der Waals surface area contributed by atoms with Gasteiger partial charge in [-0.05, 0) is 31.4 Å². The molecule has 0 amide bonds. The molecule has 1 aliphatic rings. The number of methoxy groups -OCH3 is 1. The molecule has 4 rings (SSSR count). The highest BCUT2D eigenvalue weighted by Gasteiger charge is 2.41. The van der Waals surface area contributed by atoms with Crippen LogP contribution >= 0.6 is 0 Å². The number of aromatic nitrogens is 3. The van der Waals surface area contributed by atoms with Crippen molar-refractivity contribution < 1.29 is 14.6 Å². The normalized spacial score (nSPS) is 22.9. The largest absolute Gasteiger partial charge is 0.382 e. The molecule has 3 aromatic rings. The smallest absolute Gasteiger partial charge is 0.122 e. The molecule has 2 atom stereocenters. The summed E-state index contributed by atoms with van der Waals surface area (Å²) in [6.45, 7) is 4.82. The number of ether oxygens (including phenoxy) is 2. The zero-order chi connectivity index (χ0) is 19.0. The van der Waals surface area contributed by atoms with Gasteiger partial charge in [0, 0.05) is 66.6 Å². The molecule has 6 heteroatoms. The van der Waals surface area contributed by atoms with Gasteiger partial charge in [-0.25, -0.2) is 0 Å². The van der Waals surface area contributed by atoms with Gasteiger partial charge in [0.1, 0.15) is 11.7 Å². The Bertz CT molecular complexity index is 974. The number of pyridine rings is 3. The molecule has 0 spiro atoms. The van der Waals surface area contributed by atoms with E-state index in [1.54, 1.807) is 13.3 Å². The number of aliphatic hydroxyl groups is 1. The molecular formula is C21H23N3O3. The minimum absolute atomic E-state index is 0.369. The Hall–Kier alpha value is -2.41. The highest BCUT2D eigenvalue weighted by atomic mass is 16.5. The number of hydrogen-bond donors (Lipinski definition) is 1. The first-order valence-electron chi connectivity index (χ1n) is 9.04. The van der Waals surface area contributed by atoms with Gasteiger partial charge in [0.05, 0.1) is 12.3 Å². The first kappa shape index (κ1) is 18.0. The summed E-state index contributed by atoms with van der Waals surface area (Å²) in [7, 11) is 1.59. The second-order valence-electron chi connectivity index (χ2n) is 7.03. The molecule has 0 bridgehead atoms. The van der Waals surface area contributed by atoms with E-state index in [1.807, 2.05) is 38.4 Å². The number of fused-ring (bicyclic) bond motifs is 1. The van der Waals surface area contributed by atoms with Gasteiger partial charge in [0.15, 0.2) is 0 Å². The average Bonchev–Trinajstić information content (AvgIpc) is 2.69. The minimum atomic E-state index is -1.09. The maximum Gasteiger partial charge on any atom is 0.122 e. The Morgan fingerprint density at radius 2 is 1.96 bits per heavy atom. The van der Waals surface area contributed by atoms with Crippen molar-refractivity contribution in [1.29, 1.82) is 0 Å². The molecule has 6 nitrogen and oxygen atoms in total. The van der Waals surface area contributed by atoms with Gasteiger partial charge >= 0.3 is 0 Å². The summed E-state index contributed by atoms with van der Waals surface area (Å²) in [5.74, 6) is 0. The fraction of sp³-hybridized carbons (Fsp3) is 0.381. The third-order valence-electron chi connectivity index (χ3n) is 5.36. The van der Waals surface area contributed by atoms with E-state index in [2.05, 4.69) is 21.0 Å². The van der Waals surface area contributed by atoms with E-state index < -0.39 is 11.7 Å². The second-order valence-corrected chi connectivity index (χ2v) is 7.03. The Labute approximate surface area is 158 Å². The van der Waals surface area contributed by atoms with Crippen molar-refractivity contribution in [2.45, 2.75) is 32.0 Å². The topological polar surface area (TPSA) is 77.4 Å². The molecular weight excluding hydrogens is 342 g/mol. The Morgan fingerprint density at radius 1 is 1.11 bits per heavy atom. The number of hydrogen-bond acceptors (Lipinski definition) is 6. The molecule has 1 saturated heterocycles. The monoisotopic (exact) mass is 365 g/mol. The molecule has 1 aliphatic heterocycles. The lowest BCUT2D eigenvalue weighted by Crippen LogP contribution is -2.48. The molecule has 0 aromatic carbocycles. The van der Waals surface area contributed by atoms with E-state index in [0.717, 1.165) is 39.0 Å². The molecule has 1 N–H and O–H groups in total. The average molecular weight is 365 g/mol. The van der Waals surface area contributed by atoms with Gasteiger partial charge in [-0.15, -0.1) is 0 Å². The van der Waals surface area contributed by atoms with Crippen LogP contribution in [0.4, 0.5) is 0 Å². The van der Waals surface area contributed by atoms with Crippen molar-refractivity contribution in [2.24, 2.45) is 0 Å². The van der Waals surface area contributed by atoms with Gasteiger partial charge in [0.25, 0.3) is 0 Å². The predicted molar refractivity (Wildman–Crippen MR) is 102 cm³/mol. The summed E-state index contributed by atoms with van der Waals surface area (Å²) >= 11 is 0. The van der Waals surface area contributed by atoms with Gasteiger partial charge in [-0.1, -0.05) is 6.07 Å². The number of nitrogens with zero attached hydrogens (tertiary/aromatic N) is 3. The minimum Gasteiger partial charge on any atom is -0.382 e. The van der Waals surface area contributed by atoms with E-state index in [4.69, 9.17) is 9.47 Å². The molecule has 140 valence electrons. The number of aryl methyl sites for hydroxylation is 2. The zero-order valence-corrected chi connectivity index (χ0v) is 15.8. The molecule has 4 heterocycles. The van der Waals surface area contributed by atoms with Gasteiger partial charge in [-0.3, -0.25) is 15.0 Å². The van der Waals surface area contributed by atoms with Crippen LogP contribution in [-0.2, 0) is 15.1 Å². The van der Waals surface area contributed by atoms with Gasteiger partial charge < -0.3 is 14.6 Å². The maximum atomic E-state index is 11.1. The van der Waals surface area contributed by atoms with E-state index in [9.17, 15) is 5.11 Å². The maximum absolute atomic E-state index is 11.1. The summed E-state index contributed by atoms with van der Waals surface area (Å²) < 4.78 is 10.9. The molecule has 0 saturated carbocycles. The highest BCUT2D eigenvalue weighted by molar-refractivity contribution is 5.96. The number of rotatable bonds is 3. The fourth-order valence-electron chi connectivity index (χ4n) is 3.70. The van der Waals surface area contributed by atoms with Crippen molar-refractivity contribution >= 4 is 10.8 Å². The lowest BCUT2D eigenvalue weighted by molar-refractivity contribution is -0.170. The fourth-order valence-corrected chi connectivity index (χ4v) is 3.70. The summed E-state index contributed by atoms with van der Waals surface area (Å²) in [6, 6.07) is 5.90. The van der Waals surface area contributed by atoms with Crippen molar-refractivity contribution in [2.75, 3.05) is 20.3 Å². The van der Waals surface area contributed by atoms with Crippen molar-refractivity contribution in [1.82, 2.24) is 15.0 Å². The van der Waals surface area contributed by atoms with Crippen LogP contribution in [-0.4, -0.2) is 46.5 Å². The Balaban J connectivity index is 1.76. The lowest BCUT2D eigenvalue weighted by Gasteiger charge is -2.38. The van der Waals surface area contributed by atoms with Crippen LogP contribution in [0.5, 0.6) is 0 Å². The van der Waals surface area contributed by atoms with Crippen LogP contribution in [0.3, 0.4) is 0 Å². The highest BCUT2D eigenvalue weighted by Crippen LogP contribution is 2.35. The summed E-state index contributed by atoms with van der Waals surface area (Å²) in [5, 5.41) is 13.2. The summed E-state index contributed by atoms with van der Waals surface area (Å²) in [5.41, 5.74) is 3.31. The van der Waals surface area contributed by atoms with E-state index in [0.29, 0.717) is 19.6 Å². The molecule has 27 heavy (non-hydrogen) atoms. The molecule has 0 radical (unpaired) electrons. The quantitative estimate of drug-likeness (QED) is 0.769. The van der Waals surface area contributed by atoms with E-state index in [1.165, 1.54) is 0 Å². The molecule has 3 aromatic heterocycles. The standard InChI is InChI=1S/C21H23N3O3/c1-13-8-16-17(10-22-13)14(2)23-11-18(16)19-5-4-15(9-24-19)21(25)6-7-27-12-20(21)26-3/h4-5,8-11,20,25H,6-7,12H2,1-3H3/t20-,21-/m0/s1. The molecule has 1 fully saturated rings. The SMILES string of the molecule is CO[C@H]1COCC[C@]1(O)c1ccc(-c2cnc(C)c3cnc(C)cc23)nc1. The zero-order valence-electron chi connectivity index (χ0n) is 15.8. The Morgan fingerprint density at radius 3 is 2.70 bits per heavy atom. The van der Waals surface area contributed by atoms with Crippen LogP contribution in [0.2, 0.25) is 0 Å². The van der Waals surface area contributed by atoms with Gasteiger partial charge in [0.2, 0.25) is 0 Å². The third kappa shape index (κ3) is 3.10. The first-order chi connectivity index (χ1) is 13.0. The van der Waals surface area contributed by atoms with Crippen LogP contribution in [0.25, 0.3) is 22.0 Å². The Kier molecular flexibility index (Phi) is 4.63. The van der Waals surface area contributed by atoms with Crippen molar-refractivity contribution in [3.63, 3.8) is 0 Å². The van der Waals surface area contributed by atoms with Crippen molar-refractivity contribution in [3.05, 3.63) is 53.7 Å². The lowest BCUT2D eigenvalue weighted by atomic mass is 9.85. The van der Waals surface area contributed by atoms with Crippen LogP contribution in [0.15, 0.2) is 36.8 Å². The van der Waals surface area contributed by atoms with Gasteiger partial charge in [-0.2, -0.15) is 0 Å². The van der Waals surface area contributed by atoms with E-state index >= 15 is 0 Å². The predicted octanol–water partition coefficient (Wildman–Crippen LogP) is 2.93. The van der Waals surface area contributed by atoms with Crippen LogP contribution < -0.4 is 0 Å². The van der Waals surface area contributed by atoms with Crippen LogP contribution in [0, 0.1) is 13.8 Å². The first-order valence-corrected chi connectivity index (χ1v) is 9.04. The summed E-state index contributed by atoms with van der Waals surface area (Å²) in [4.78, 5) is 13.5. The van der Waals surface area contributed by atoms with Crippen LogP contribution in [0.1, 0.15) is 23.4 Å².